The molecule has 0 unspecified atom stereocenters. The number of ether oxygens (including phenoxy) is 1. The number of halogens is 3. The summed E-state index contributed by atoms with van der Waals surface area (Å²) in [7, 11) is 0. The number of alkyl halides is 3. The first kappa shape index (κ1) is 17.8. The summed E-state index contributed by atoms with van der Waals surface area (Å²) in [6.07, 6.45) is -4.73. The molecule has 0 fully saturated rings. The lowest BCUT2D eigenvalue weighted by atomic mass is 10.1. The van der Waals surface area contributed by atoms with Crippen molar-refractivity contribution in [2.45, 2.75) is 19.3 Å². The van der Waals surface area contributed by atoms with Crippen molar-refractivity contribution >= 4 is 11.6 Å². The van der Waals surface area contributed by atoms with E-state index >= 15 is 0 Å². The molecule has 7 heteroatoms. The molecule has 24 heavy (non-hydrogen) atoms. The Morgan fingerprint density at radius 1 is 1.08 bits per heavy atom. The van der Waals surface area contributed by atoms with Crippen molar-refractivity contribution in [3.8, 4) is 5.75 Å². The third-order valence-corrected chi connectivity index (χ3v) is 3.24. The molecule has 0 saturated heterocycles. The average molecular weight is 338 g/mol. The predicted molar refractivity (Wildman–Crippen MR) is 84.6 cm³/mol. The van der Waals surface area contributed by atoms with Gasteiger partial charge in [0.05, 0.1) is 6.54 Å². The van der Waals surface area contributed by atoms with Gasteiger partial charge in [-0.05, 0) is 36.8 Å². The van der Waals surface area contributed by atoms with E-state index in [4.69, 9.17) is 0 Å². The molecule has 0 saturated carbocycles. The lowest BCUT2D eigenvalue weighted by Crippen LogP contribution is -2.30. The third-order valence-electron chi connectivity index (χ3n) is 3.24. The van der Waals surface area contributed by atoms with Crippen LogP contribution >= 0.6 is 0 Å². The van der Waals surface area contributed by atoms with E-state index in [1.54, 1.807) is 0 Å². The van der Waals surface area contributed by atoms with E-state index in [0.29, 0.717) is 5.69 Å². The number of nitrogens with one attached hydrogen (secondary N) is 2. The Morgan fingerprint density at radius 3 is 2.29 bits per heavy atom. The van der Waals surface area contributed by atoms with Crippen molar-refractivity contribution < 1.29 is 22.7 Å². The SMILES string of the molecule is C[C@@H](NCC(=O)Nc1ccc(OC(F)(F)F)cc1)c1ccccc1. The minimum atomic E-state index is -4.73. The zero-order valence-corrected chi connectivity index (χ0v) is 12.9. The molecule has 0 spiro atoms. The van der Waals surface area contributed by atoms with Gasteiger partial charge < -0.3 is 15.4 Å². The normalized spacial score (nSPS) is 12.5. The van der Waals surface area contributed by atoms with E-state index in [1.165, 1.54) is 12.1 Å². The van der Waals surface area contributed by atoms with Crippen molar-refractivity contribution in [3.63, 3.8) is 0 Å². The molecule has 0 radical (unpaired) electrons. The van der Waals surface area contributed by atoms with Gasteiger partial charge in [0, 0.05) is 11.7 Å². The molecule has 0 aliphatic carbocycles. The number of anilines is 1. The van der Waals surface area contributed by atoms with Crippen molar-refractivity contribution in [3.05, 3.63) is 60.2 Å². The van der Waals surface area contributed by atoms with Gasteiger partial charge >= 0.3 is 6.36 Å². The molecule has 128 valence electrons. The maximum atomic E-state index is 12.1. The highest BCUT2D eigenvalue weighted by Crippen LogP contribution is 2.23. The molecule has 1 atom stereocenters. The second-order valence-electron chi connectivity index (χ2n) is 5.13. The van der Waals surface area contributed by atoms with Crippen LogP contribution in [-0.4, -0.2) is 18.8 Å². The van der Waals surface area contributed by atoms with E-state index in [0.717, 1.165) is 17.7 Å². The fourth-order valence-corrected chi connectivity index (χ4v) is 2.05. The molecule has 1 amide bonds. The number of hydrogen-bond acceptors (Lipinski definition) is 3. The molecule has 2 aromatic rings. The largest absolute Gasteiger partial charge is 0.573 e. The van der Waals surface area contributed by atoms with Crippen molar-refractivity contribution in [1.29, 1.82) is 0 Å². The van der Waals surface area contributed by atoms with E-state index in [2.05, 4.69) is 15.4 Å². The van der Waals surface area contributed by atoms with Crippen LogP contribution in [0.15, 0.2) is 54.6 Å². The molecule has 2 aromatic carbocycles. The van der Waals surface area contributed by atoms with E-state index < -0.39 is 6.36 Å². The van der Waals surface area contributed by atoms with Crippen LogP contribution in [-0.2, 0) is 4.79 Å². The maximum Gasteiger partial charge on any atom is 0.573 e. The Balaban J connectivity index is 1.82. The van der Waals surface area contributed by atoms with Gasteiger partial charge in [-0.1, -0.05) is 30.3 Å². The fourth-order valence-electron chi connectivity index (χ4n) is 2.05. The molecule has 0 bridgehead atoms. The second kappa shape index (κ2) is 7.83. The summed E-state index contributed by atoms with van der Waals surface area (Å²) in [5.41, 5.74) is 1.45. The Kier molecular flexibility index (Phi) is 5.81. The van der Waals surface area contributed by atoms with Gasteiger partial charge in [0.25, 0.3) is 0 Å². The quantitative estimate of drug-likeness (QED) is 0.840. The molecule has 0 heterocycles. The van der Waals surface area contributed by atoms with Gasteiger partial charge in [-0.15, -0.1) is 13.2 Å². The van der Waals surface area contributed by atoms with Gasteiger partial charge in [-0.2, -0.15) is 0 Å². The summed E-state index contributed by atoms with van der Waals surface area (Å²) in [6.45, 7) is 2.02. The maximum absolute atomic E-state index is 12.1. The zero-order chi connectivity index (χ0) is 17.6. The highest BCUT2D eigenvalue weighted by Gasteiger charge is 2.30. The molecule has 2 rings (SSSR count). The minimum Gasteiger partial charge on any atom is -0.406 e. The number of hydrogen-bond donors (Lipinski definition) is 2. The summed E-state index contributed by atoms with van der Waals surface area (Å²) in [5.74, 6) is -0.626. The van der Waals surface area contributed by atoms with Crippen LogP contribution in [0.3, 0.4) is 0 Å². The molecular weight excluding hydrogens is 321 g/mol. The minimum absolute atomic E-state index is 0.000452. The number of carbonyl (C=O) groups is 1. The highest BCUT2D eigenvalue weighted by molar-refractivity contribution is 5.92. The summed E-state index contributed by atoms with van der Waals surface area (Å²) in [5, 5.41) is 5.68. The van der Waals surface area contributed by atoms with Gasteiger partial charge in [-0.3, -0.25) is 4.79 Å². The standard InChI is InChI=1S/C17H17F3N2O2/c1-12(13-5-3-2-4-6-13)21-11-16(23)22-14-7-9-15(10-8-14)24-17(18,19)20/h2-10,12,21H,11H2,1H3,(H,22,23)/t12-/m1/s1. The molecule has 2 N–H and O–H groups in total. The van der Waals surface area contributed by atoms with Gasteiger partial charge in [-0.25, -0.2) is 0 Å². The molecule has 0 aliphatic rings. The summed E-state index contributed by atoms with van der Waals surface area (Å²) < 4.78 is 40.0. The third kappa shape index (κ3) is 5.92. The monoisotopic (exact) mass is 338 g/mol. The first-order chi connectivity index (χ1) is 11.3. The first-order valence-corrected chi connectivity index (χ1v) is 7.27. The van der Waals surface area contributed by atoms with Gasteiger partial charge in [0.1, 0.15) is 5.75 Å². The van der Waals surface area contributed by atoms with Crippen LogP contribution in [0, 0.1) is 0 Å². The molecule has 4 nitrogen and oxygen atoms in total. The van der Waals surface area contributed by atoms with E-state index in [9.17, 15) is 18.0 Å². The summed E-state index contributed by atoms with van der Waals surface area (Å²) in [6, 6.07) is 14.6. The predicted octanol–water partition coefficient (Wildman–Crippen LogP) is 3.87. The lowest BCUT2D eigenvalue weighted by molar-refractivity contribution is -0.274. The Hall–Kier alpha value is -2.54. The van der Waals surface area contributed by atoms with Crippen LogP contribution in [0.4, 0.5) is 18.9 Å². The van der Waals surface area contributed by atoms with E-state index in [1.807, 2.05) is 37.3 Å². The Labute approximate surface area is 137 Å². The van der Waals surface area contributed by atoms with Crippen molar-refractivity contribution in [1.82, 2.24) is 5.32 Å². The topological polar surface area (TPSA) is 50.4 Å². The molecule has 0 aliphatic heterocycles. The number of carbonyl (C=O) groups excluding carboxylic acids is 1. The zero-order valence-electron chi connectivity index (χ0n) is 12.9. The van der Waals surface area contributed by atoms with Gasteiger partial charge in [0.15, 0.2) is 0 Å². The number of benzene rings is 2. The Morgan fingerprint density at radius 2 is 1.71 bits per heavy atom. The second-order valence-corrected chi connectivity index (χ2v) is 5.13. The van der Waals surface area contributed by atoms with Crippen molar-refractivity contribution in [2.24, 2.45) is 0 Å². The highest BCUT2D eigenvalue weighted by atomic mass is 19.4. The average Bonchev–Trinajstić information content (AvgIpc) is 2.54. The van der Waals surface area contributed by atoms with Gasteiger partial charge in [0.2, 0.25) is 5.91 Å². The molecule has 0 aromatic heterocycles. The summed E-state index contributed by atoms with van der Waals surface area (Å²) >= 11 is 0. The lowest BCUT2D eigenvalue weighted by Gasteiger charge is -2.14. The number of rotatable bonds is 6. The van der Waals surface area contributed by atoms with Crippen molar-refractivity contribution in [2.75, 3.05) is 11.9 Å². The van der Waals surface area contributed by atoms with E-state index in [-0.39, 0.29) is 24.2 Å². The fraction of sp³-hybridized carbons (Fsp3) is 0.235. The van der Waals surface area contributed by atoms with Crippen LogP contribution in [0.25, 0.3) is 0 Å². The smallest absolute Gasteiger partial charge is 0.406 e. The van der Waals surface area contributed by atoms with Crippen LogP contribution in [0.1, 0.15) is 18.5 Å². The number of amides is 1. The molecular formula is C17H17F3N2O2. The van der Waals surface area contributed by atoms with Crippen LogP contribution < -0.4 is 15.4 Å². The first-order valence-electron chi connectivity index (χ1n) is 7.27. The van der Waals surface area contributed by atoms with Crippen LogP contribution in [0.5, 0.6) is 5.75 Å². The van der Waals surface area contributed by atoms with Crippen LogP contribution in [0.2, 0.25) is 0 Å². The summed E-state index contributed by atoms with van der Waals surface area (Å²) in [4.78, 5) is 11.9. The Bertz CT molecular complexity index is 658.